The van der Waals surface area contributed by atoms with Gasteiger partial charge in [0.15, 0.2) is 0 Å². The zero-order valence-electron chi connectivity index (χ0n) is 11.0. The molecule has 1 amide bonds. The molecule has 1 aliphatic heterocycles. The number of carbonyl (C=O) groups is 1. The Bertz CT molecular complexity index is 258. The number of nitrogens with zero attached hydrogens (tertiary/aromatic N) is 1. The topological polar surface area (TPSA) is 32.3 Å². The van der Waals surface area contributed by atoms with E-state index in [0.717, 1.165) is 45.4 Å². The van der Waals surface area contributed by atoms with Gasteiger partial charge in [-0.3, -0.25) is 4.79 Å². The summed E-state index contributed by atoms with van der Waals surface area (Å²) in [5.74, 6) is 1.07. The molecule has 100 valence electrons. The maximum Gasteiger partial charge on any atom is 0.228 e. The van der Waals surface area contributed by atoms with Crippen molar-refractivity contribution in [2.75, 3.05) is 26.2 Å². The highest BCUT2D eigenvalue weighted by atomic mass is 35.5. The second-order valence-corrected chi connectivity index (χ2v) is 5.77. The van der Waals surface area contributed by atoms with Crippen molar-refractivity contribution in [3.63, 3.8) is 0 Å². The van der Waals surface area contributed by atoms with Crippen LogP contribution in [0.2, 0.25) is 0 Å². The summed E-state index contributed by atoms with van der Waals surface area (Å²) in [6.07, 6.45) is 4.56. The van der Waals surface area contributed by atoms with Crippen molar-refractivity contribution in [3.05, 3.63) is 0 Å². The number of amides is 1. The summed E-state index contributed by atoms with van der Waals surface area (Å²) in [7, 11) is 0. The Balaban J connectivity index is 0.00000144. The van der Waals surface area contributed by atoms with E-state index in [1.54, 1.807) is 0 Å². The molecule has 1 saturated carbocycles. The fourth-order valence-corrected chi connectivity index (χ4v) is 3.09. The third-order valence-electron chi connectivity index (χ3n) is 3.97. The molecule has 2 aliphatic rings. The summed E-state index contributed by atoms with van der Waals surface area (Å²) in [4.78, 5) is 14.6. The van der Waals surface area contributed by atoms with E-state index in [2.05, 4.69) is 24.1 Å². The minimum atomic E-state index is 0. The molecule has 1 N–H and O–H groups in total. The van der Waals surface area contributed by atoms with Crippen LogP contribution in [-0.4, -0.2) is 37.0 Å². The molecule has 0 unspecified atom stereocenters. The van der Waals surface area contributed by atoms with E-state index in [1.807, 2.05) is 0 Å². The molecule has 17 heavy (non-hydrogen) atoms. The molecule has 0 radical (unpaired) electrons. The van der Waals surface area contributed by atoms with Gasteiger partial charge in [0.05, 0.1) is 0 Å². The Kier molecular flexibility index (Phi) is 5.26. The highest BCUT2D eigenvalue weighted by Crippen LogP contribution is 2.47. The molecule has 0 aromatic carbocycles. The van der Waals surface area contributed by atoms with Crippen molar-refractivity contribution in [2.24, 2.45) is 11.3 Å². The second kappa shape index (κ2) is 6.05. The first kappa shape index (κ1) is 14.8. The molecular formula is C13H25ClN2O. The maximum atomic E-state index is 12.5. The molecule has 0 atom stereocenters. The van der Waals surface area contributed by atoms with Gasteiger partial charge in [0.25, 0.3) is 0 Å². The fourth-order valence-electron chi connectivity index (χ4n) is 3.09. The number of rotatable bonds is 3. The summed E-state index contributed by atoms with van der Waals surface area (Å²) in [6, 6.07) is 0. The van der Waals surface area contributed by atoms with Crippen LogP contribution in [-0.2, 0) is 4.79 Å². The first-order valence-electron chi connectivity index (χ1n) is 6.64. The third kappa shape index (κ3) is 3.14. The Morgan fingerprint density at radius 3 is 2.29 bits per heavy atom. The molecule has 0 bridgehead atoms. The SMILES string of the molecule is CC(C)CC1(C(=O)N2CCNCC2)CCC1.Cl. The monoisotopic (exact) mass is 260 g/mol. The van der Waals surface area contributed by atoms with Crippen LogP contribution in [0.25, 0.3) is 0 Å². The van der Waals surface area contributed by atoms with E-state index in [-0.39, 0.29) is 17.8 Å². The minimum absolute atomic E-state index is 0. The van der Waals surface area contributed by atoms with Gasteiger partial charge < -0.3 is 10.2 Å². The van der Waals surface area contributed by atoms with E-state index >= 15 is 0 Å². The molecule has 0 aromatic heterocycles. The van der Waals surface area contributed by atoms with E-state index in [0.29, 0.717) is 11.8 Å². The lowest BCUT2D eigenvalue weighted by Gasteiger charge is -2.45. The lowest BCUT2D eigenvalue weighted by atomic mass is 9.63. The van der Waals surface area contributed by atoms with Gasteiger partial charge in [-0.25, -0.2) is 0 Å². The number of halogens is 1. The Morgan fingerprint density at radius 1 is 1.29 bits per heavy atom. The predicted molar refractivity (Wildman–Crippen MR) is 72.4 cm³/mol. The number of hydrogen-bond donors (Lipinski definition) is 1. The molecule has 0 spiro atoms. The average Bonchev–Trinajstić information content (AvgIpc) is 2.23. The van der Waals surface area contributed by atoms with Crippen molar-refractivity contribution in [1.82, 2.24) is 10.2 Å². The van der Waals surface area contributed by atoms with Crippen LogP contribution in [0.1, 0.15) is 39.5 Å². The predicted octanol–water partition coefficient (Wildman–Crippen LogP) is 2.06. The van der Waals surface area contributed by atoms with E-state index in [4.69, 9.17) is 0 Å². The van der Waals surface area contributed by atoms with Crippen molar-refractivity contribution < 1.29 is 4.79 Å². The lowest BCUT2D eigenvalue weighted by molar-refractivity contribution is -0.149. The van der Waals surface area contributed by atoms with Gasteiger partial charge in [-0.2, -0.15) is 0 Å². The normalized spacial score (nSPS) is 22.9. The van der Waals surface area contributed by atoms with Crippen LogP contribution < -0.4 is 5.32 Å². The molecule has 2 rings (SSSR count). The zero-order chi connectivity index (χ0) is 11.6. The van der Waals surface area contributed by atoms with E-state index in [1.165, 1.54) is 6.42 Å². The summed E-state index contributed by atoms with van der Waals surface area (Å²) in [5.41, 5.74) is 0.0194. The highest BCUT2D eigenvalue weighted by Gasteiger charge is 2.46. The molecule has 4 heteroatoms. The summed E-state index contributed by atoms with van der Waals surface area (Å²) >= 11 is 0. The molecule has 1 aliphatic carbocycles. The summed E-state index contributed by atoms with van der Waals surface area (Å²) in [6.45, 7) is 8.18. The van der Waals surface area contributed by atoms with Gasteiger partial charge in [0.1, 0.15) is 0 Å². The molecule has 0 aromatic rings. The van der Waals surface area contributed by atoms with Gasteiger partial charge in [-0.05, 0) is 25.2 Å². The second-order valence-electron chi connectivity index (χ2n) is 5.77. The van der Waals surface area contributed by atoms with Crippen LogP contribution in [0.3, 0.4) is 0 Å². The van der Waals surface area contributed by atoms with Crippen LogP contribution in [0.4, 0.5) is 0 Å². The third-order valence-corrected chi connectivity index (χ3v) is 3.97. The number of nitrogens with one attached hydrogen (secondary N) is 1. The van der Waals surface area contributed by atoms with Crippen molar-refractivity contribution >= 4 is 18.3 Å². The molecule has 1 heterocycles. The van der Waals surface area contributed by atoms with Gasteiger partial charge in [0, 0.05) is 31.6 Å². The Morgan fingerprint density at radius 2 is 1.88 bits per heavy atom. The standard InChI is InChI=1S/C13H24N2O.ClH/c1-11(2)10-13(4-3-5-13)12(16)15-8-6-14-7-9-15;/h11,14H,3-10H2,1-2H3;1H. The highest BCUT2D eigenvalue weighted by molar-refractivity contribution is 5.85. The van der Waals surface area contributed by atoms with Crippen molar-refractivity contribution in [1.29, 1.82) is 0 Å². The van der Waals surface area contributed by atoms with Crippen LogP contribution >= 0.6 is 12.4 Å². The molecule has 2 fully saturated rings. The Labute approximate surface area is 111 Å². The number of piperazine rings is 1. The van der Waals surface area contributed by atoms with Gasteiger partial charge in [0.2, 0.25) is 5.91 Å². The lowest BCUT2D eigenvalue weighted by Crippen LogP contribution is -2.54. The fraction of sp³-hybridized carbons (Fsp3) is 0.923. The maximum absolute atomic E-state index is 12.5. The van der Waals surface area contributed by atoms with E-state index in [9.17, 15) is 4.79 Å². The number of carbonyl (C=O) groups excluding carboxylic acids is 1. The van der Waals surface area contributed by atoms with Gasteiger partial charge in [-0.15, -0.1) is 12.4 Å². The van der Waals surface area contributed by atoms with Crippen LogP contribution in [0, 0.1) is 11.3 Å². The molecular weight excluding hydrogens is 236 g/mol. The molecule has 3 nitrogen and oxygen atoms in total. The summed E-state index contributed by atoms with van der Waals surface area (Å²) in [5, 5.41) is 3.30. The van der Waals surface area contributed by atoms with Crippen molar-refractivity contribution in [3.8, 4) is 0 Å². The van der Waals surface area contributed by atoms with Crippen LogP contribution in [0.15, 0.2) is 0 Å². The van der Waals surface area contributed by atoms with Gasteiger partial charge >= 0.3 is 0 Å². The first-order chi connectivity index (χ1) is 7.64. The van der Waals surface area contributed by atoms with Gasteiger partial charge in [-0.1, -0.05) is 20.3 Å². The first-order valence-corrected chi connectivity index (χ1v) is 6.64. The quantitative estimate of drug-likeness (QED) is 0.843. The zero-order valence-corrected chi connectivity index (χ0v) is 11.8. The number of hydrogen-bond acceptors (Lipinski definition) is 2. The Hall–Kier alpha value is -0.280. The van der Waals surface area contributed by atoms with Crippen LogP contribution in [0.5, 0.6) is 0 Å². The largest absolute Gasteiger partial charge is 0.340 e. The van der Waals surface area contributed by atoms with Crippen molar-refractivity contribution in [2.45, 2.75) is 39.5 Å². The minimum Gasteiger partial charge on any atom is -0.340 e. The van der Waals surface area contributed by atoms with E-state index < -0.39 is 0 Å². The molecule has 1 saturated heterocycles. The smallest absolute Gasteiger partial charge is 0.228 e. The average molecular weight is 261 g/mol. The summed E-state index contributed by atoms with van der Waals surface area (Å²) < 4.78 is 0.